The number of nitrogens with one attached hydrogen (secondary N) is 2. The van der Waals surface area contributed by atoms with E-state index in [1.54, 1.807) is 0 Å². The summed E-state index contributed by atoms with van der Waals surface area (Å²) < 4.78 is 5.47. The van der Waals surface area contributed by atoms with Gasteiger partial charge in [-0.25, -0.2) is 0 Å². The quantitative estimate of drug-likeness (QED) is 0.648. The summed E-state index contributed by atoms with van der Waals surface area (Å²) in [5, 5.41) is 6.31. The SMILES string of the molecule is CC(C)COCCCNC(=O)CC1CCCNC1. The molecule has 1 unspecified atom stereocenters. The predicted octanol–water partition coefficient (Wildman–Crippen LogP) is 1.56. The Balaban J connectivity index is 1.93. The van der Waals surface area contributed by atoms with Gasteiger partial charge in [0.2, 0.25) is 5.91 Å². The molecule has 1 atom stereocenters. The van der Waals surface area contributed by atoms with Crippen LogP contribution in [0.15, 0.2) is 0 Å². The maximum atomic E-state index is 11.7. The van der Waals surface area contributed by atoms with Crippen LogP contribution in [0.1, 0.15) is 39.5 Å². The number of hydrogen-bond donors (Lipinski definition) is 2. The monoisotopic (exact) mass is 256 g/mol. The molecule has 1 amide bonds. The van der Waals surface area contributed by atoms with Crippen molar-refractivity contribution in [2.75, 3.05) is 32.8 Å². The lowest BCUT2D eigenvalue weighted by molar-refractivity contribution is -0.122. The lowest BCUT2D eigenvalue weighted by atomic mass is 9.96. The van der Waals surface area contributed by atoms with Crippen LogP contribution in [-0.2, 0) is 9.53 Å². The highest BCUT2D eigenvalue weighted by molar-refractivity contribution is 5.76. The van der Waals surface area contributed by atoms with E-state index in [0.717, 1.165) is 39.3 Å². The fourth-order valence-electron chi connectivity index (χ4n) is 2.15. The molecule has 2 N–H and O–H groups in total. The van der Waals surface area contributed by atoms with E-state index in [0.29, 0.717) is 18.3 Å². The van der Waals surface area contributed by atoms with E-state index in [4.69, 9.17) is 4.74 Å². The molecule has 4 nitrogen and oxygen atoms in total. The van der Waals surface area contributed by atoms with Gasteiger partial charge in [0.1, 0.15) is 0 Å². The van der Waals surface area contributed by atoms with Gasteiger partial charge in [-0.1, -0.05) is 13.8 Å². The summed E-state index contributed by atoms with van der Waals surface area (Å²) in [6.45, 7) is 8.65. The van der Waals surface area contributed by atoms with E-state index in [1.807, 2.05) is 0 Å². The number of carbonyl (C=O) groups is 1. The Morgan fingerprint density at radius 3 is 3.00 bits per heavy atom. The molecule has 1 aliphatic heterocycles. The standard InChI is InChI=1S/C14H28N2O2/c1-12(2)11-18-8-4-7-16-14(17)9-13-5-3-6-15-10-13/h12-13,15H,3-11H2,1-2H3,(H,16,17). The van der Waals surface area contributed by atoms with Gasteiger partial charge in [0.05, 0.1) is 0 Å². The van der Waals surface area contributed by atoms with Crippen LogP contribution in [0.2, 0.25) is 0 Å². The Labute approximate surface area is 111 Å². The highest BCUT2D eigenvalue weighted by Gasteiger charge is 2.16. The summed E-state index contributed by atoms with van der Waals surface area (Å²) in [7, 11) is 0. The van der Waals surface area contributed by atoms with Gasteiger partial charge in [0, 0.05) is 26.2 Å². The largest absolute Gasteiger partial charge is 0.381 e. The third kappa shape index (κ3) is 7.67. The average molecular weight is 256 g/mol. The van der Waals surface area contributed by atoms with Gasteiger partial charge in [-0.15, -0.1) is 0 Å². The van der Waals surface area contributed by atoms with Gasteiger partial charge in [0.15, 0.2) is 0 Å². The zero-order valence-corrected chi connectivity index (χ0v) is 11.8. The van der Waals surface area contributed by atoms with Gasteiger partial charge in [-0.05, 0) is 44.2 Å². The third-order valence-electron chi connectivity index (χ3n) is 3.11. The van der Waals surface area contributed by atoms with Crippen molar-refractivity contribution in [3.8, 4) is 0 Å². The minimum atomic E-state index is 0.188. The summed E-state index contributed by atoms with van der Waals surface area (Å²) in [4.78, 5) is 11.7. The van der Waals surface area contributed by atoms with Crippen molar-refractivity contribution < 1.29 is 9.53 Å². The smallest absolute Gasteiger partial charge is 0.220 e. The Kier molecular flexibility index (Phi) is 8.01. The molecule has 18 heavy (non-hydrogen) atoms. The maximum Gasteiger partial charge on any atom is 0.220 e. The Bertz CT molecular complexity index is 226. The van der Waals surface area contributed by atoms with Crippen LogP contribution in [-0.4, -0.2) is 38.8 Å². The molecule has 106 valence electrons. The molecule has 1 heterocycles. The van der Waals surface area contributed by atoms with E-state index in [-0.39, 0.29) is 5.91 Å². The first-order valence-corrected chi connectivity index (χ1v) is 7.23. The van der Waals surface area contributed by atoms with Crippen LogP contribution in [0, 0.1) is 11.8 Å². The molecule has 0 aromatic heterocycles. The van der Waals surface area contributed by atoms with Crippen LogP contribution in [0.5, 0.6) is 0 Å². The second-order valence-electron chi connectivity index (χ2n) is 5.59. The Hall–Kier alpha value is -0.610. The molecule has 1 rings (SSSR count). The molecule has 0 aliphatic carbocycles. The first kappa shape index (κ1) is 15.4. The van der Waals surface area contributed by atoms with Crippen molar-refractivity contribution in [1.82, 2.24) is 10.6 Å². The molecule has 1 saturated heterocycles. The number of amides is 1. The summed E-state index contributed by atoms with van der Waals surface area (Å²) >= 11 is 0. The van der Waals surface area contributed by atoms with Gasteiger partial charge in [-0.3, -0.25) is 4.79 Å². The van der Waals surface area contributed by atoms with Crippen molar-refractivity contribution in [2.24, 2.45) is 11.8 Å². The minimum Gasteiger partial charge on any atom is -0.381 e. The molecule has 0 spiro atoms. The summed E-state index contributed by atoms with van der Waals surface area (Å²) in [6.07, 6.45) is 3.94. The second kappa shape index (κ2) is 9.34. The maximum absolute atomic E-state index is 11.7. The van der Waals surface area contributed by atoms with Crippen molar-refractivity contribution in [3.05, 3.63) is 0 Å². The lowest BCUT2D eigenvalue weighted by Crippen LogP contribution is -2.34. The van der Waals surface area contributed by atoms with Crippen LogP contribution < -0.4 is 10.6 Å². The average Bonchev–Trinajstić information content (AvgIpc) is 2.34. The molecule has 4 heteroatoms. The first-order chi connectivity index (χ1) is 8.68. The molecule has 0 radical (unpaired) electrons. The number of ether oxygens (including phenoxy) is 1. The van der Waals surface area contributed by atoms with E-state index < -0.39 is 0 Å². The fraction of sp³-hybridized carbons (Fsp3) is 0.929. The van der Waals surface area contributed by atoms with E-state index in [2.05, 4.69) is 24.5 Å². The Morgan fingerprint density at radius 1 is 1.50 bits per heavy atom. The number of piperidine rings is 1. The predicted molar refractivity (Wildman–Crippen MR) is 73.5 cm³/mol. The van der Waals surface area contributed by atoms with E-state index in [9.17, 15) is 4.79 Å². The number of hydrogen-bond acceptors (Lipinski definition) is 3. The zero-order chi connectivity index (χ0) is 13.2. The summed E-state index contributed by atoms with van der Waals surface area (Å²) in [5.74, 6) is 1.29. The van der Waals surface area contributed by atoms with Gasteiger partial charge >= 0.3 is 0 Å². The first-order valence-electron chi connectivity index (χ1n) is 7.23. The number of rotatable bonds is 8. The van der Waals surface area contributed by atoms with Gasteiger partial charge < -0.3 is 15.4 Å². The fourth-order valence-corrected chi connectivity index (χ4v) is 2.15. The third-order valence-corrected chi connectivity index (χ3v) is 3.11. The zero-order valence-electron chi connectivity index (χ0n) is 11.8. The van der Waals surface area contributed by atoms with Crippen molar-refractivity contribution in [2.45, 2.75) is 39.5 Å². The normalized spacial score (nSPS) is 20.1. The highest BCUT2D eigenvalue weighted by atomic mass is 16.5. The highest BCUT2D eigenvalue weighted by Crippen LogP contribution is 2.13. The van der Waals surface area contributed by atoms with Gasteiger partial charge in [-0.2, -0.15) is 0 Å². The molecule has 1 fully saturated rings. The molecular formula is C14H28N2O2. The molecule has 0 saturated carbocycles. The molecule has 1 aliphatic rings. The molecule has 0 aromatic carbocycles. The van der Waals surface area contributed by atoms with Crippen LogP contribution in [0.4, 0.5) is 0 Å². The minimum absolute atomic E-state index is 0.188. The van der Waals surface area contributed by atoms with Crippen LogP contribution in [0.25, 0.3) is 0 Å². The van der Waals surface area contributed by atoms with Crippen LogP contribution in [0.3, 0.4) is 0 Å². The topological polar surface area (TPSA) is 50.4 Å². The van der Waals surface area contributed by atoms with E-state index >= 15 is 0 Å². The van der Waals surface area contributed by atoms with E-state index in [1.165, 1.54) is 12.8 Å². The Morgan fingerprint density at radius 2 is 2.33 bits per heavy atom. The molecule has 0 aromatic rings. The number of carbonyl (C=O) groups excluding carboxylic acids is 1. The van der Waals surface area contributed by atoms with Gasteiger partial charge in [0.25, 0.3) is 0 Å². The second-order valence-corrected chi connectivity index (χ2v) is 5.59. The van der Waals surface area contributed by atoms with Crippen molar-refractivity contribution in [3.63, 3.8) is 0 Å². The summed E-state index contributed by atoms with van der Waals surface area (Å²) in [6, 6.07) is 0. The molecular weight excluding hydrogens is 228 g/mol. The van der Waals surface area contributed by atoms with Crippen molar-refractivity contribution >= 4 is 5.91 Å². The summed E-state index contributed by atoms with van der Waals surface area (Å²) in [5.41, 5.74) is 0. The van der Waals surface area contributed by atoms with Crippen molar-refractivity contribution in [1.29, 1.82) is 0 Å². The van der Waals surface area contributed by atoms with Crippen LogP contribution >= 0.6 is 0 Å². The molecule has 0 bridgehead atoms. The lowest BCUT2D eigenvalue weighted by Gasteiger charge is -2.22.